The first-order valence-corrected chi connectivity index (χ1v) is 5.79. The third-order valence-corrected chi connectivity index (χ3v) is 2.33. The second kappa shape index (κ2) is 8.06. The van der Waals surface area contributed by atoms with Crippen molar-refractivity contribution >= 4 is 0 Å². The molecule has 17 heavy (non-hydrogen) atoms. The normalized spacial score (nSPS) is 12.4. The molecule has 0 heterocycles. The van der Waals surface area contributed by atoms with Crippen molar-refractivity contribution in [2.45, 2.75) is 13.0 Å². The van der Waals surface area contributed by atoms with Gasteiger partial charge in [-0.2, -0.15) is 0 Å². The topological polar surface area (TPSA) is 53.7 Å². The molecule has 0 spiro atoms. The van der Waals surface area contributed by atoms with Crippen LogP contribution < -0.4 is 10.5 Å². The minimum atomic E-state index is 0.0569. The molecule has 0 aliphatic rings. The van der Waals surface area contributed by atoms with Crippen LogP contribution in [0.15, 0.2) is 24.3 Å². The number of methoxy groups -OCH3 is 1. The van der Waals surface area contributed by atoms with E-state index in [-0.39, 0.29) is 6.04 Å². The fraction of sp³-hybridized carbons (Fsp3) is 0.538. The van der Waals surface area contributed by atoms with Crippen molar-refractivity contribution in [3.05, 3.63) is 29.8 Å². The number of hydrogen-bond donors (Lipinski definition) is 1. The van der Waals surface area contributed by atoms with Gasteiger partial charge in [-0.05, 0) is 24.6 Å². The molecule has 0 aromatic heterocycles. The van der Waals surface area contributed by atoms with E-state index < -0.39 is 0 Å². The Morgan fingerprint density at radius 2 is 1.71 bits per heavy atom. The molecule has 0 bridgehead atoms. The van der Waals surface area contributed by atoms with Gasteiger partial charge in [-0.1, -0.05) is 12.1 Å². The summed E-state index contributed by atoms with van der Waals surface area (Å²) in [6, 6.07) is 7.86. The summed E-state index contributed by atoms with van der Waals surface area (Å²) >= 11 is 0. The van der Waals surface area contributed by atoms with Gasteiger partial charge in [0.05, 0.1) is 19.8 Å². The van der Waals surface area contributed by atoms with Gasteiger partial charge in [0.25, 0.3) is 0 Å². The van der Waals surface area contributed by atoms with Crippen LogP contribution in [-0.2, 0) is 9.47 Å². The highest BCUT2D eigenvalue weighted by molar-refractivity contribution is 5.28. The third kappa shape index (κ3) is 5.68. The zero-order valence-electron chi connectivity index (χ0n) is 10.5. The van der Waals surface area contributed by atoms with E-state index in [9.17, 15) is 0 Å². The van der Waals surface area contributed by atoms with Gasteiger partial charge in [0, 0.05) is 13.2 Å². The van der Waals surface area contributed by atoms with Gasteiger partial charge in [-0.25, -0.2) is 0 Å². The van der Waals surface area contributed by atoms with E-state index in [4.69, 9.17) is 19.9 Å². The van der Waals surface area contributed by atoms with Gasteiger partial charge in [0.2, 0.25) is 0 Å². The zero-order chi connectivity index (χ0) is 12.5. The summed E-state index contributed by atoms with van der Waals surface area (Å²) in [5.74, 6) is 0.838. The van der Waals surface area contributed by atoms with Crippen LogP contribution in [0.25, 0.3) is 0 Å². The van der Waals surface area contributed by atoms with Crippen LogP contribution in [-0.4, -0.2) is 33.5 Å². The Hall–Kier alpha value is -1.10. The fourth-order valence-corrected chi connectivity index (χ4v) is 1.33. The molecule has 4 heteroatoms. The molecule has 0 saturated carbocycles. The van der Waals surface area contributed by atoms with Crippen molar-refractivity contribution < 1.29 is 14.2 Å². The van der Waals surface area contributed by atoms with Gasteiger partial charge in [0.1, 0.15) is 12.4 Å². The number of rotatable bonds is 8. The number of nitrogens with two attached hydrogens (primary N) is 1. The van der Waals surface area contributed by atoms with Crippen LogP contribution in [0.4, 0.5) is 0 Å². The van der Waals surface area contributed by atoms with Gasteiger partial charge in [-0.15, -0.1) is 0 Å². The van der Waals surface area contributed by atoms with Crippen molar-refractivity contribution in [2.75, 3.05) is 33.5 Å². The highest BCUT2D eigenvalue weighted by Gasteiger charge is 1.99. The van der Waals surface area contributed by atoms with Gasteiger partial charge in [-0.3, -0.25) is 0 Å². The molecule has 1 unspecified atom stereocenters. The highest BCUT2D eigenvalue weighted by atomic mass is 16.5. The molecule has 1 atom stereocenters. The van der Waals surface area contributed by atoms with E-state index in [2.05, 4.69) is 0 Å². The fourth-order valence-electron chi connectivity index (χ4n) is 1.33. The lowest BCUT2D eigenvalue weighted by Gasteiger charge is -2.09. The van der Waals surface area contributed by atoms with E-state index in [1.54, 1.807) is 7.11 Å². The van der Waals surface area contributed by atoms with Gasteiger partial charge in [0.15, 0.2) is 0 Å². The maximum Gasteiger partial charge on any atom is 0.119 e. The van der Waals surface area contributed by atoms with Crippen molar-refractivity contribution in [3.63, 3.8) is 0 Å². The van der Waals surface area contributed by atoms with Crippen LogP contribution >= 0.6 is 0 Å². The van der Waals surface area contributed by atoms with Crippen molar-refractivity contribution in [2.24, 2.45) is 5.73 Å². The number of benzene rings is 1. The van der Waals surface area contributed by atoms with Crippen molar-refractivity contribution in [1.82, 2.24) is 0 Å². The molecule has 2 N–H and O–H groups in total. The smallest absolute Gasteiger partial charge is 0.119 e. The first kappa shape index (κ1) is 14.0. The third-order valence-electron chi connectivity index (χ3n) is 2.33. The first-order chi connectivity index (χ1) is 8.24. The molecule has 0 aliphatic carbocycles. The summed E-state index contributed by atoms with van der Waals surface area (Å²) in [6.07, 6.45) is 0. The molecule has 0 radical (unpaired) electrons. The predicted octanol–water partition coefficient (Wildman–Crippen LogP) is 1.75. The second-order valence-electron chi connectivity index (χ2n) is 3.81. The Kier molecular flexibility index (Phi) is 6.62. The van der Waals surface area contributed by atoms with Crippen molar-refractivity contribution in [1.29, 1.82) is 0 Å². The molecule has 0 fully saturated rings. The average molecular weight is 239 g/mol. The molecule has 1 aromatic carbocycles. The first-order valence-electron chi connectivity index (χ1n) is 5.79. The molecule has 1 aromatic rings. The lowest BCUT2D eigenvalue weighted by Crippen LogP contribution is -2.10. The van der Waals surface area contributed by atoms with Crippen LogP contribution in [0.5, 0.6) is 5.75 Å². The summed E-state index contributed by atoms with van der Waals surface area (Å²) in [7, 11) is 1.65. The van der Waals surface area contributed by atoms with Crippen LogP contribution in [0, 0.1) is 0 Å². The Labute approximate surface area is 103 Å². The van der Waals surface area contributed by atoms with E-state index in [0.29, 0.717) is 26.4 Å². The standard InChI is InChI=1S/C13H21NO3/c1-11(14)12-3-5-13(6-4-12)17-10-9-16-8-7-15-2/h3-6,11H,7-10,14H2,1-2H3. The summed E-state index contributed by atoms with van der Waals surface area (Å²) in [5, 5.41) is 0. The molecule has 1 rings (SSSR count). The molecule has 0 aliphatic heterocycles. The molecular formula is C13H21NO3. The molecule has 96 valence electrons. The summed E-state index contributed by atoms with van der Waals surface area (Å²) in [5.41, 5.74) is 6.86. The zero-order valence-corrected chi connectivity index (χ0v) is 10.5. The Balaban J connectivity index is 2.19. The predicted molar refractivity (Wildman–Crippen MR) is 67.2 cm³/mol. The SMILES string of the molecule is COCCOCCOc1ccc(C(C)N)cc1. The quantitative estimate of drug-likeness (QED) is 0.702. The number of ether oxygens (including phenoxy) is 3. The summed E-state index contributed by atoms with van der Waals surface area (Å²) in [6.45, 7) is 4.28. The van der Waals surface area contributed by atoms with Crippen LogP contribution in [0.1, 0.15) is 18.5 Å². The lowest BCUT2D eigenvalue weighted by molar-refractivity contribution is 0.0544. The Morgan fingerprint density at radius 1 is 1.06 bits per heavy atom. The molecule has 0 saturated heterocycles. The van der Waals surface area contributed by atoms with E-state index in [1.165, 1.54) is 0 Å². The van der Waals surface area contributed by atoms with E-state index in [1.807, 2.05) is 31.2 Å². The molecule has 0 amide bonds. The van der Waals surface area contributed by atoms with E-state index >= 15 is 0 Å². The van der Waals surface area contributed by atoms with E-state index in [0.717, 1.165) is 11.3 Å². The van der Waals surface area contributed by atoms with Gasteiger partial charge < -0.3 is 19.9 Å². The molecule has 4 nitrogen and oxygen atoms in total. The number of hydrogen-bond acceptors (Lipinski definition) is 4. The van der Waals surface area contributed by atoms with Crippen LogP contribution in [0.3, 0.4) is 0 Å². The lowest BCUT2D eigenvalue weighted by atomic mass is 10.1. The largest absolute Gasteiger partial charge is 0.491 e. The van der Waals surface area contributed by atoms with Crippen molar-refractivity contribution in [3.8, 4) is 5.75 Å². The average Bonchev–Trinajstić information content (AvgIpc) is 2.34. The minimum Gasteiger partial charge on any atom is -0.491 e. The van der Waals surface area contributed by atoms with Gasteiger partial charge >= 0.3 is 0 Å². The summed E-state index contributed by atoms with van der Waals surface area (Å²) < 4.78 is 15.7. The maximum absolute atomic E-state index is 5.76. The highest BCUT2D eigenvalue weighted by Crippen LogP contribution is 2.15. The maximum atomic E-state index is 5.76. The Bertz CT molecular complexity index is 298. The summed E-state index contributed by atoms with van der Waals surface area (Å²) in [4.78, 5) is 0. The minimum absolute atomic E-state index is 0.0569. The Morgan fingerprint density at radius 3 is 2.29 bits per heavy atom. The van der Waals surface area contributed by atoms with Crippen LogP contribution in [0.2, 0.25) is 0 Å². The second-order valence-corrected chi connectivity index (χ2v) is 3.81. The monoisotopic (exact) mass is 239 g/mol. The molecular weight excluding hydrogens is 218 g/mol.